The SMILES string of the molecule is CC(C)n1nc(C(=O)NC2CCCCC2O)c2ccccc2c1=O. The number of aromatic nitrogens is 2. The van der Waals surface area contributed by atoms with Gasteiger partial charge in [0.25, 0.3) is 11.5 Å². The molecule has 2 unspecified atom stereocenters. The average molecular weight is 329 g/mol. The number of nitrogens with one attached hydrogen (secondary N) is 1. The van der Waals surface area contributed by atoms with Crippen molar-refractivity contribution in [3.63, 3.8) is 0 Å². The van der Waals surface area contributed by atoms with Crippen molar-refractivity contribution in [1.29, 1.82) is 0 Å². The van der Waals surface area contributed by atoms with E-state index in [1.54, 1.807) is 24.3 Å². The van der Waals surface area contributed by atoms with Crippen LogP contribution in [0.5, 0.6) is 0 Å². The maximum absolute atomic E-state index is 12.8. The summed E-state index contributed by atoms with van der Waals surface area (Å²) in [5.41, 5.74) is 0.0338. The van der Waals surface area contributed by atoms with Crippen molar-refractivity contribution in [2.75, 3.05) is 0 Å². The Kier molecular flexibility index (Phi) is 4.66. The predicted molar refractivity (Wildman–Crippen MR) is 92.1 cm³/mol. The first-order chi connectivity index (χ1) is 11.5. The van der Waals surface area contributed by atoms with Crippen molar-refractivity contribution in [1.82, 2.24) is 15.1 Å². The Balaban J connectivity index is 2.03. The number of hydrogen-bond acceptors (Lipinski definition) is 4. The minimum atomic E-state index is -0.523. The van der Waals surface area contributed by atoms with Crippen LogP contribution in [0, 0.1) is 0 Å². The molecule has 0 aliphatic heterocycles. The van der Waals surface area contributed by atoms with E-state index >= 15 is 0 Å². The second kappa shape index (κ2) is 6.73. The van der Waals surface area contributed by atoms with Gasteiger partial charge >= 0.3 is 0 Å². The smallest absolute Gasteiger partial charge is 0.274 e. The Morgan fingerprint density at radius 2 is 1.92 bits per heavy atom. The minimum Gasteiger partial charge on any atom is -0.391 e. The van der Waals surface area contributed by atoms with Gasteiger partial charge in [0.15, 0.2) is 5.69 Å². The molecule has 1 amide bonds. The fraction of sp³-hybridized carbons (Fsp3) is 0.500. The van der Waals surface area contributed by atoms with Crippen molar-refractivity contribution < 1.29 is 9.90 Å². The molecule has 6 heteroatoms. The number of rotatable bonds is 3. The highest BCUT2D eigenvalue weighted by atomic mass is 16.3. The van der Waals surface area contributed by atoms with Gasteiger partial charge in [-0.25, -0.2) is 4.68 Å². The van der Waals surface area contributed by atoms with Gasteiger partial charge in [-0.05, 0) is 32.8 Å². The van der Waals surface area contributed by atoms with Crippen LogP contribution in [0.1, 0.15) is 56.1 Å². The van der Waals surface area contributed by atoms with E-state index in [1.165, 1.54) is 4.68 Å². The summed E-state index contributed by atoms with van der Waals surface area (Å²) in [7, 11) is 0. The van der Waals surface area contributed by atoms with Gasteiger partial charge in [0.05, 0.1) is 23.6 Å². The number of fused-ring (bicyclic) bond motifs is 1. The van der Waals surface area contributed by atoms with Crippen LogP contribution in [-0.4, -0.2) is 32.9 Å². The molecule has 2 aromatic rings. The van der Waals surface area contributed by atoms with Gasteiger partial charge in [0.2, 0.25) is 0 Å². The van der Waals surface area contributed by atoms with Crippen molar-refractivity contribution in [2.24, 2.45) is 0 Å². The average Bonchev–Trinajstić information content (AvgIpc) is 2.57. The normalized spacial score (nSPS) is 21.2. The molecule has 3 rings (SSSR count). The molecule has 1 aromatic carbocycles. The van der Waals surface area contributed by atoms with Crippen LogP contribution >= 0.6 is 0 Å². The third-order valence-electron chi connectivity index (χ3n) is 4.58. The van der Waals surface area contributed by atoms with Crippen LogP contribution < -0.4 is 10.9 Å². The maximum atomic E-state index is 12.8. The summed E-state index contributed by atoms with van der Waals surface area (Å²) in [6, 6.07) is 6.61. The highest BCUT2D eigenvalue weighted by Crippen LogP contribution is 2.20. The second-order valence-corrected chi connectivity index (χ2v) is 6.67. The zero-order chi connectivity index (χ0) is 17.3. The first-order valence-electron chi connectivity index (χ1n) is 8.49. The molecule has 0 bridgehead atoms. The first-order valence-corrected chi connectivity index (χ1v) is 8.49. The molecule has 0 saturated heterocycles. The molecular formula is C18H23N3O3. The Morgan fingerprint density at radius 1 is 1.25 bits per heavy atom. The summed E-state index contributed by atoms with van der Waals surface area (Å²) >= 11 is 0. The quantitative estimate of drug-likeness (QED) is 0.902. The van der Waals surface area contributed by atoms with Gasteiger partial charge < -0.3 is 10.4 Å². The molecule has 1 fully saturated rings. The minimum absolute atomic E-state index is 0.145. The van der Waals surface area contributed by atoms with Crippen molar-refractivity contribution >= 4 is 16.7 Å². The van der Waals surface area contributed by atoms with E-state index in [0.717, 1.165) is 19.3 Å². The highest BCUT2D eigenvalue weighted by Gasteiger charge is 2.26. The molecule has 0 radical (unpaired) electrons. The van der Waals surface area contributed by atoms with Crippen molar-refractivity contribution in [2.45, 2.75) is 57.7 Å². The number of aliphatic hydroxyl groups is 1. The van der Waals surface area contributed by atoms with Gasteiger partial charge in [-0.1, -0.05) is 31.0 Å². The lowest BCUT2D eigenvalue weighted by Crippen LogP contribution is -2.45. The largest absolute Gasteiger partial charge is 0.391 e. The van der Waals surface area contributed by atoms with Crippen LogP contribution in [-0.2, 0) is 0 Å². The van der Waals surface area contributed by atoms with Crippen LogP contribution in [0.15, 0.2) is 29.1 Å². The fourth-order valence-electron chi connectivity index (χ4n) is 3.24. The highest BCUT2D eigenvalue weighted by molar-refractivity contribution is 6.04. The number of benzene rings is 1. The van der Waals surface area contributed by atoms with E-state index in [4.69, 9.17) is 0 Å². The van der Waals surface area contributed by atoms with E-state index in [0.29, 0.717) is 17.2 Å². The summed E-state index contributed by atoms with van der Waals surface area (Å²) in [5, 5.41) is 18.3. The van der Waals surface area contributed by atoms with E-state index < -0.39 is 6.10 Å². The maximum Gasteiger partial charge on any atom is 0.274 e. The Morgan fingerprint density at radius 3 is 2.58 bits per heavy atom. The molecule has 1 heterocycles. The number of aliphatic hydroxyl groups excluding tert-OH is 1. The van der Waals surface area contributed by atoms with E-state index in [2.05, 4.69) is 10.4 Å². The monoisotopic (exact) mass is 329 g/mol. The number of amides is 1. The van der Waals surface area contributed by atoms with Gasteiger partial charge in [-0.2, -0.15) is 5.10 Å². The Hall–Kier alpha value is -2.21. The van der Waals surface area contributed by atoms with Crippen molar-refractivity contribution in [3.05, 3.63) is 40.3 Å². The van der Waals surface area contributed by atoms with Gasteiger partial charge in [-0.15, -0.1) is 0 Å². The number of nitrogens with zero attached hydrogens (tertiary/aromatic N) is 2. The molecule has 2 atom stereocenters. The molecule has 6 nitrogen and oxygen atoms in total. The Bertz CT molecular complexity index is 813. The van der Waals surface area contributed by atoms with E-state index in [9.17, 15) is 14.7 Å². The van der Waals surface area contributed by atoms with Gasteiger partial charge in [0.1, 0.15) is 0 Å². The summed E-state index contributed by atoms with van der Waals surface area (Å²) < 4.78 is 1.34. The predicted octanol–water partition coefficient (Wildman–Crippen LogP) is 2.01. The third kappa shape index (κ3) is 3.06. The molecule has 24 heavy (non-hydrogen) atoms. The van der Waals surface area contributed by atoms with E-state index in [1.807, 2.05) is 13.8 Å². The lowest BCUT2D eigenvalue weighted by atomic mass is 9.92. The number of carbonyl (C=O) groups excluding carboxylic acids is 1. The lowest BCUT2D eigenvalue weighted by Gasteiger charge is -2.28. The molecular weight excluding hydrogens is 306 g/mol. The number of hydrogen-bond donors (Lipinski definition) is 2. The zero-order valence-corrected chi connectivity index (χ0v) is 14.0. The Labute approximate surface area is 140 Å². The summed E-state index contributed by atoms with van der Waals surface area (Å²) in [6.45, 7) is 3.71. The molecule has 1 aliphatic carbocycles. The van der Waals surface area contributed by atoms with Crippen LogP contribution in [0.2, 0.25) is 0 Å². The molecule has 0 spiro atoms. The summed E-state index contributed by atoms with van der Waals surface area (Å²) in [6.07, 6.45) is 2.90. The molecule has 2 N–H and O–H groups in total. The molecule has 1 aliphatic rings. The summed E-state index contributed by atoms with van der Waals surface area (Å²) in [5.74, 6) is -0.341. The van der Waals surface area contributed by atoms with Gasteiger partial charge in [-0.3, -0.25) is 9.59 Å². The fourth-order valence-corrected chi connectivity index (χ4v) is 3.24. The van der Waals surface area contributed by atoms with Crippen LogP contribution in [0.3, 0.4) is 0 Å². The summed E-state index contributed by atoms with van der Waals surface area (Å²) in [4.78, 5) is 25.3. The molecule has 1 saturated carbocycles. The van der Waals surface area contributed by atoms with Crippen LogP contribution in [0.25, 0.3) is 10.8 Å². The topological polar surface area (TPSA) is 84.2 Å². The number of carbonyl (C=O) groups is 1. The third-order valence-corrected chi connectivity index (χ3v) is 4.58. The molecule has 128 valence electrons. The van der Waals surface area contributed by atoms with Gasteiger partial charge in [0, 0.05) is 5.39 Å². The van der Waals surface area contributed by atoms with Crippen LogP contribution in [0.4, 0.5) is 0 Å². The zero-order valence-electron chi connectivity index (χ0n) is 14.0. The standard InChI is InChI=1S/C18H23N3O3/c1-11(2)21-18(24)13-8-4-3-7-12(13)16(20-21)17(23)19-14-9-5-6-10-15(14)22/h3-4,7-8,11,14-15,22H,5-6,9-10H2,1-2H3,(H,19,23). The second-order valence-electron chi connectivity index (χ2n) is 6.67. The van der Waals surface area contributed by atoms with E-state index in [-0.39, 0.29) is 29.2 Å². The van der Waals surface area contributed by atoms with Crippen molar-refractivity contribution in [3.8, 4) is 0 Å². The molecule has 1 aromatic heterocycles. The first kappa shape index (κ1) is 16.6. The lowest BCUT2D eigenvalue weighted by molar-refractivity contribution is 0.0713.